The summed E-state index contributed by atoms with van der Waals surface area (Å²) in [6, 6.07) is 12.9. The smallest absolute Gasteiger partial charge is 0.174 e. The third-order valence-electron chi connectivity index (χ3n) is 4.45. The molecule has 1 aliphatic heterocycles. The van der Waals surface area contributed by atoms with Gasteiger partial charge in [0, 0.05) is 17.1 Å². The lowest BCUT2D eigenvalue weighted by molar-refractivity contribution is 0.205. The van der Waals surface area contributed by atoms with Crippen molar-refractivity contribution in [3.63, 3.8) is 0 Å². The maximum atomic E-state index is 5.62. The molecule has 0 amide bonds. The van der Waals surface area contributed by atoms with Crippen molar-refractivity contribution in [1.82, 2.24) is 20.8 Å². The van der Waals surface area contributed by atoms with Crippen LogP contribution in [0.3, 0.4) is 0 Å². The molecular formula is C19H20N4O. The van der Waals surface area contributed by atoms with E-state index in [2.05, 4.69) is 71.9 Å². The van der Waals surface area contributed by atoms with Crippen LogP contribution in [0.5, 0.6) is 5.75 Å². The minimum atomic E-state index is 0.401. The summed E-state index contributed by atoms with van der Waals surface area (Å²) in [5, 5.41) is 4.27. The van der Waals surface area contributed by atoms with Crippen LogP contribution in [0.2, 0.25) is 0 Å². The number of hydrogen-bond donors (Lipinski definition) is 3. The Kier molecular flexibility index (Phi) is 3.41. The van der Waals surface area contributed by atoms with E-state index in [0.717, 1.165) is 28.1 Å². The van der Waals surface area contributed by atoms with Gasteiger partial charge in [-0.25, -0.2) is 10.5 Å². The molecule has 4 rings (SSSR count). The van der Waals surface area contributed by atoms with Crippen LogP contribution in [-0.2, 0) is 0 Å². The van der Waals surface area contributed by atoms with Crippen molar-refractivity contribution in [2.24, 2.45) is 0 Å². The third-order valence-corrected chi connectivity index (χ3v) is 4.45. The third kappa shape index (κ3) is 2.58. The predicted molar refractivity (Wildman–Crippen MR) is 95.3 cm³/mol. The quantitative estimate of drug-likeness (QED) is 0.642. The molecule has 3 aromatic rings. The highest BCUT2D eigenvalue weighted by Gasteiger charge is 2.21. The molecule has 3 N–H and O–H groups in total. The van der Waals surface area contributed by atoms with Gasteiger partial charge in [0.05, 0.1) is 6.20 Å². The number of H-pyrrole nitrogens is 1. The number of rotatable bonds is 4. The van der Waals surface area contributed by atoms with Crippen molar-refractivity contribution in [2.45, 2.75) is 26.8 Å². The Balaban J connectivity index is 1.57. The standard InChI is InChI=1S/C19H20N4O/c1-11-5-4-6-14(7-11)17-9-15-8-16(10-20-19(15)22-17)24-23-18-12(2)13(3)21-18/h4-10,13,21,23H,1-3H3,(H,20,22). The first-order valence-corrected chi connectivity index (χ1v) is 8.06. The number of hydroxylamine groups is 1. The van der Waals surface area contributed by atoms with Crippen molar-refractivity contribution in [1.29, 1.82) is 0 Å². The van der Waals surface area contributed by atoms with Gasteiger partial charge in [-0.15, -0.1) is 0 Å². The first-order chi connectivity index (χ1) is 11.6. The predicted octanol–water partition coefficient (Wildman–Crippen LogP) is 3.64. The largest absolute Gasteiger partial charge is 0.379 e. The number of aromatic amines is 1. The fraction of sp³-hybridized carbons (Fsp3) is 0.211. The molecule has 0 saturated heterocycles. The number of aryl methyl sites for hydroxylation is 1. The Morgan fingerprint density at radius 2 is 2.04 bits per heavy atom. The van der Waals surface area contributed by atoms with Crippen molar-refractivity contribution in [3.8, 4) is 17.0 Å². The number of fused-ring (bicyclic) bond motifs is 1. The Hall–Kier alpha value is -2.95. The molecule has 1 aliphatic rings. The van der Waals surface area contributed by atoms with E-state index in [4.69, 9.17) is 4.84 Å². The molecule has 0 saturated carbocycles. The lowest BCUT2D eigenvalue weighted by Gasteiger charge is -2.31. The van der Waals surface area contributed by atoms with Crippen molar-refractivity contribution < 1.29 is 4.84 Å². The van der Waals surface area contributed by atoms with Crippen molar-refractivity contribution >= 4 is 11.0 Å². The fourth-order valence-corrected chi connectivity index (χ4v) is 2.82. The summed E-state index contributed by atoms with van der Waals surface area (Å²) in [7, 11) is 0. The average Bonchev–Trinajstić information content (AvgIpc) is 3.01. The van der Waals surface area contributed by atoms with Crippen LogP contribution >= 0.6 is 0 Å². The van der Waals surface area contributed by atoms with Crippen LogP contribution in [0.25, 0.3) is 22.3 Å². The number of hydrogen-bond acceptors (Lipinski definition) is 4. The van der Waals surface area contributed by atoms with Crippen molar-refractivity contribution in [2.75, 3.05) is 0 Å². The van der Waals surface area contributed by atoms with E-state index in [1.807, 2.05) is 6.07 Å². The number of pyridine rings is 1. The average molecular weight is 320 g/mol. The van der Waals surface area contributed by atoms with Gasteiger partial charge in [0.1, 0.15) is 11.5 Å². The lowest BCUT2D eigenvalue weighted by Crippen LogP contribution is -2.46. The molecule has 5 heteroatoms. The Morgan fingerprint density at radius 3 is 2.79 bits per heavy atom. The van der Waals surface area contributed by atoms with E-state index < -0.39 is 0 Å². The number of aromatic nitrogens is 2. The SMILES string of the molecule is CC1=C(NOc2cnc3[nH]c(-c4cccc(C)c4)cc3c2)NC1C. The number of nitrogens with zero attached hydrogens (tertiary/aromatic N) is 1. The van der Waals surface area contributed by atoms with Crippen molar-refractivity contribution in [3.05, 3.63) is 59.6 Å². The van der Waals surface area contributed by atoms with Crippen LogP contribution in [0, 0.1) is 6.92 Å². The first kappa shape index (κ1) is 14.6. The Morgan fingerprint density at radius 1 is 1.17 bits per heavy atom. The molecule has 1 unspecified atom stereocenters. The van der Waals surface area contributed by atoms with E-state index in [1.165, 1.54) is 11.1 Å². The molecule has 0 fully saturated rings. The molecule has 24 heavy (non-hydrogen) atoms. The molecule has 1 atom stereocenters. The zero-order valence-corrected chi connectivity index (χ0v) is 14.0. The van der Waals surface area contributed by atoms with Gasteiger partial charge in [0.25, 0.3) is 0 Å². The van der Waals surface area contributed by atoms with Crippen LogP contribution < -0.4 is 15.6 Å². The highest BCUT2D eigenvalue weighted by atomic mass is 16.6. The summed E-state index contributed by atoms with van der Waals surface area (Å²) < 4.78 is 0. The van der Waals surface area contributed by atoms with E-state index in [9.17, 15) is 0 Å². The molecule has 0 aliphatic carbocycles. The summed E-state index contributed by atoms with van der Waals surface area (Å²) in [5.74, 6) is 1.61. The summed E-state index contributed by atoms with van der Waals surface area (Å²) in [5.41, 5.74) is 8.50. The molecule has 0 bridgehead atoms. The molecule has 0 radical (unpaired) electrons. The molecule has 0 spiro atoms. The van der Waals surface area contributed by atoms with E-state index >= 15 is 0 Å². The second kappa shape index (κ2) is 5.60. The van der Waals surface area contributed by atoms with Crippen LogP contribution in [0.15, 0.2) is 54.0 Å². The zero-order valence-electron chi connectivity index (χ0n) is 14.0. The lowest BCUT2D eigenvalue weighted by atomic mass is 10.1. The number of benzene rings is 1. The van der Waals surface area contributed by atoms with Crippen LogP contribution in [0.1, 0.15) is 19.4 Å². The van der Waals surface area contributed by atoms with E-state index in [0.29, 0.717) is 11.8 Å². The van der Waals surface area contributed by atoms with Gasteiger partial charge >= 0.3 is 0 Å². The summed E-state index contributed by atoms with van der Waals surface area (Å²) in [6.45, 7) is 6.28. The molecule has 5 nitrogen and oxygen atoms in total. The van der Waals surface area contributed by atoms with Gasteiger partial charge in [-0.1, -0.05) is 23.8 Å². The summed E-state index contributed by atoms with van der Waals surface area (Å²) in [4.78, 5) is 13.4. The number of nitrogens with one attached hydrogen (secondary N) is 3. The first-order valence-electron chi connectivity index (χ1n) is 8.06. The van der Waals surface area contributed by atoms with Gasteiger partial charge < -0.3 is 15.1 Å². The minimum absolute atomic E-state index is 0.401. The molecule has 2 aromatic heterocycles. The topological polar surface area (TPSA) is 62.0 Å². The second-order valence-corrected chi connectivity index (χ2v) is 6.29. The Labute approximate surface area is 140 Å². The maximum absolute atomic E-state index is 5.62. The monoisotopic (exact) mass is 320 g/mol. The molecule has 122 valence electrons. The maximum Gasteiger partial charge on any atom is 0.174 e. The summed E-state index contributed by atoms with van der Waals surface area (Å²) in [6.07, 6.45) is 1.71. The van der Waals surface area contributed by atoms with Crippen LogP contribution in [0.4, 0.5) is 0 Å². The highest BCUT2D eigenvalue weighted by molar-refractivity contribution is 5.84. The summed E-state index contributed by atoms with van der Waals surface area (Å²) >= 11 is 0. The molecule has 1 aromatic carbocycles. The van der Waals surface area contributed by atoms with Gasteiger partial charge in [-0.2, -0.15) is 0 Å². The second-order valence-electron chi connectivity index (χ2n) is 6.29. The van der Waals surface area contributed by atoms with Gasteiger partial charge in [0.2, 0.25) is 0 Å². The molecule has 3 heterocycles. The highest BCUT2D eigenvalue weighted by Crippen LogP contribution is 2.26. The van der Waals surface area contributed by atoms with Gasteiger partial charge in [-0.3, -0.25) is 0 Å². The zero-order chi connectivity index (χ0) is 16.7. The normalized spacial score (nSPS) is 16.7. The van der Waals surface area contributed by atoms with E-state index in [-0.39, 0.29) is 0 Å². The van der Waals surface area contributed by atoms with Gasteiger partial charge in [-0.05, 0) is 50.1 Å². The van der Waals surface area contributed by atoms with E-state index in [1.54, 1.807) is 6.20 Å². The van der Waals surface area contributed by atoms with Gasteiger partial charge in [0.15, 0.2) is 5.75 Å². The minimum Gasteiger partial charge on any atom is -0.379 e. The Bertz CT molecular complexity index is 941. The molecular weight excluding hydrogens is 300 g/mol. The fourth-order valence-electron chi connectivity index (χ4n) is 2.82. The van der Waals surface area contributed by atoms with Crippen LogP contribution in [-0.4, -0.2) is 16.0 Å².